The van der Waals surface area contributed by atoms with Gasteiger partial charge in [-0.2, -0.15) is 0 Å². The standard InChI is InChI=1S/C17H18FNO3S/c1-21-13-6-8-14(9-7-13)22-10-11-23-12-17(20)19-16-5-3-2-4-15(16)18/h2-9H,10-12H2,1H3,(H,19,20). The Morgan fingerprint density at radius 1 is 1.13 bits per heavy atom. The average Bonchev–Trinajstić information content (AvgIpc) is 2.57. The van der Waals surface area contributed by atoms with Crippen molar-refractivity contribution in [3.63, 3.8) is 0 Å². The number of amides is 1. The largest absolute Gasteiger partial charge is 0.497 e. The SMILES string of the molecule is COc1ccc(OCCSCC(=O)Nc2ccccc2F)cc1. The third kappa shape index (κ3) is 5.83. The summed E-state index contributed by atoms with van der Waals surface area (Å²) in [6.07, 6.45) is 0. The van der Waals surface area contributed by atoms with Crippen molar-refractivity contribution < 1.29 is 18.7 Å². The van der Waals surface area contributed by atoms with E-state index < -0.39 is 5.82 Å². The Hall–Kier alpha value is -2.21. The van der Waals surface area contributed by atoms with E-state index in [9.17, 15) is 9.18 Å². The molecule has 0 aromatic heterocycles. The zero-order valence-corrected chi connectivity index (χ0v) is 13.6. The molecule has 2 aromatic rings. The van der Waals surface area contributed by atoms with Crippen molar-refractivity contribution in [1.82, 2.24) is 0 Å². The summed E-state index contributed by atoms with van der Waals surface area (Å²) in [5.74, 6) is 1.77. The Kier molecular flexibility index (Phi) is 6.75. The number of nitrogens with one attached hydrogen (secondary N) is 1. The highest BCUT2D eigenvalue weighted by molar-refractivity contribution is 7.99. The minimum absolute atomic E-state index is 0.201. The van der Waals surface area contributed by atoms with E-state index in [1.165, 1.54) is 23.9 Å². The summed E-state index contributed by atoms with van der Waals surface area (Å²) < 4.78 is 24.0. The van der Waals surface area contributed by atoms with Gasteiger partial charge in [0, 0.05) is 5.75 Å². The number of hydrogen-bond acceptors (Lipinski definition) is 4. The molecular weight excluding hydrogens is 317 g/mol. The van der Waals surface area contributed by atoms with Crippen LogP contribution >= 0.6 is 11.8 Å². The van der Waals surface area contributed by atoms with Crippen LogP contribution in [0.4, 0.5) is 10.1 Å². The first-order chi connectivity index (χ1) is 11.2. The molecule has 0 heterocycles. The Morgan fingerprint density at radius 3 is 2.52 bits per heavy atom. The van der Waals surface area contributed by atoms with E-state index in [0.29, 0.717) is 12.4 Å². The molecule has 0 atom stereocenters. The first kappa shape index (κ1) is 17.1. The Balaban J connectivity index is 1.63. The molecule has 1 N–H and O–H groups in total. The maximum Gasteiger partial charge on any atom is 0.234 e. The molecule has 0 aliphatic carbocycles. The quantitative estimate of drug-likeness (QED) is 0.749. The van der Waals surface area contributed by atoms with E-state index in [-0.39, 0.29) is 17.3 Å². The molecule has 6 heteroatoms. The van der Waals surface area contributed by atoms with E-state index in [1.807, 2.05) is 24.3 Å². The third-order valence-corrected chi connectivity index (χ3v) is 3.86. The molecule has 0 radical (unpaired) electrons. The summed E-state index contributed by atoms with van der Waals surface area (Å²) in [7, 11) is 1.61. The number of halogens is 1. The van der Waals surface area contributed by atoms with Crippen LogP contribution in [0, 0.1) is 5.82 Å². The topological polar surface area (TPSA) is 47.6 Å². The van der Waals surface area contributed by atoms with Gasteiger partial charge in [-0.15, -0.1) is 11.8 Å². The number of methoxy groups -OCH3 is 1. The Morgan fingerprint density at radius 2 is 1.83 bits per heavy atom. The molecule has 23 heavy (non-hydrogen) atoms. The lowest BCUT2D eigenvalue weighted by Crippen LogP contribution is -2.16. The third-order valence-electron chi connectivity index (χ3n) is 2.94. The monoisotopic (exact) mass is 335 g/mol. The molecule has 0 bridgehead atoms. The minimum atomic E-state index is -0.436. The van der Waals surface area contributed by atoms with Gasteiger partial charge in [-0.3, -0.25) is 4.79 Å². The second-order valence-corrected chi connectivity index (χ2v) is 5.71. The molecule has 122 valence electrons. The van der Waals surface area contributed by atoms with Gasteiger partial charge in [-0.1, -0.05) is 12.1 Å². The highest BCUT2D eigenvalue weighted by atomic mass is 32.2. The molecule has 1 amide bonds. The van der Waals surface area contributed by atoms with E-state index in [4.69, 9.17) is 9.47 Å². The molecule has 0 spiro atoms. The van der Waals surface area contributed by atoms with Crippen molar-refractivity contribution in [1.29, 1.82) is 0 Å². The lowest BCUT2D eigenvalue weighted by molar-refractivity contribution is -0.113. The summed E-state index contributed by atoms with van der Waals surface area (Å²) in [6.45, 7) is 0.490. The second kappa shape index (κ2) is 9.05. The van der Waals surface area contributed by atoms with Gasteiger partial charge in [0.15, 0.2) is 0 Å². The molecule has 0 saturated carbocycles. The van der Waals surface area contributed by atoms with Crippen LogP contribution in [0.1, 0.15) is 0 Å². The first-order valence-corrected chi connectivity index (χ1v) is 8.23. The number of hydrogen-bond donors (Lipinski definition) is 1. The predicted octanol–water partition coefficient (Wildman–Crippen LogP) is 3.59. The zero-order chi connectivity index (χ0) is 16.5. The minimum Gasteiger partial charge on any atom is -0.497 e. The fourth-order valence-corrected chi connectivity index (χ4v) is 2.41. The van der Waals surface area contributed by atoms with Crippen LogP contribution in [0.5, 0.6) is 11.5 Å². The van der Waals surface area contributed by atoms with Gasteiger partial charge in [0.1, 0.15) is 17.3 Å². The molecule has 0 saturated heterocycles. The van der Waals surface area contributed by atoms with Gasteiger partial charge in [-0.25, -0.2) is 4.39 Å². The van der Waals surface area contributed by atoms with Crippen LogP contribution in [-0.2, 0) is 4.79 Å². The van der Waals surface area contributed by atoms with Crippen LogP contribution in [0.2, 0.25) is 0 Å². The van der Waals surface area contributed by atoms with Crippen molar-refractivity contribution in [2.24, 2.45) is 0 Å². The zero-order valence-electron chi connectivity index (χ0n) is 12.8. The van der Waals surface area contributed by atoms with Crippen molar-refractivity contribution in [2.45, 2.75) is 0 Å². The fraction of sp³-hybridized carbons (Fsp3) is 0.235. The maximum absolute atomic E-state index is 13.4. The maximum atomic E-state index is 13.4. The summed E-state index contributed by atoms with van der Waals surface area (Å²) in [6, 6.07) is 13.4. The fourth-order valence-electron chi connectivity index (χ4n) is 1.80. The molecule has 0 fully saturated rings. The molecule has 0 aliphatic rings. The summed E-state index contributed by atoms with van der Waals surface area (Å²) in [5, 5.41) is 2.54. The second-order valence-electron chi connectivity index (χ2n) is 4.60. The van der Waals surface area contributed by atoms with E-state index >= 15 is 0 Å². The lowest BCUT2D eigenvalue weighted by Gasteiger charge is -2.08. The summed E-state index contributed by atoms with van der Waals surface area (Å²) in [4.78, 5) is 11.7. The number of para-hydroxylation sites is 1. The first-order valence-electron chi connectivity index (χ1n) is 7.08. The lowest BCUT2D eigenvalue weighted by atomic mass is 10.3. The predicted molar refractivity (Wildman–Crippen MR) is 90.8 cm³/mol. The van der Waals surface area contributed by atoms with Gasteiger partial charge in [0.25, 0.3) is 0 Å². The normalized spacial score (nSPS) is 10.2. The number of ether oxygens (including phenoxy) is 2. The van der Waals surface area contributed by atoms with Crippen molar-refractivity contribution in [3.8, 4) is 11.5 Å². The molecular formula is C17H18FNO3S. The highest BCUT2D eigenvalue weighted by Gasteiger charge is 2.06. The van der Waals surface area contributed by atoms with Crippen LogP contribution in [0.3, 0.4) is 0 Å². The van der Waals surface area contributed by atoms with Gasteiger partial charge in [-0.05, 0) is 36.4 Å². The van der Waals surface area contributed by atoms with Crippen molar-refractivity contribution >= 4 is 23.4 Å². The van der Waals surface area contributed by atoms with Crippen LogP contribution in [0.25, 0.3) is 0 Å². The van der Waals surface area contributed by atoms with E-state index in [0.717, 1.165) is 11.5 Å². The smallest absolute Gasteiger partial charge is 0.234 e. The number of carbonyl (C=O) groups is 1. The van der Waals surface area contributed by atoms with Crippen LogP contribution in [0.15, 0.2) is 48.5 Å². The molecule has 4 nitrogen and oxygen atoms in total. The van der Waals surface area contributed by atoms with Gasteiger partial charge >= 0.3 is 0 Å². The Bertz CT molecular complexity index is 634. The number of anilines is 1. The van der Waals surface area contributed by atoms with Gasteiger partial charge < -0.3 is 14.8 Å². The highest BCUT2D eigenvalue weighted by Crippen LogP contribution is 2.17. The van der Waals surface area contributed by atoms with Gasteiger partial charge in [0.2, 0.25) is 5.91 Å². The summed E-state index contributed by atoms with van der Waals surface area (Å²) in [5.41, 5.74) is 0.201. The summed E-state index contributed by atoms with van der Waals surface area (Å²) >= 11 is 1.43. The molecule has 0 aliphatic heterocycles. The Labute approximate surface area is 139 Å². The van der Waals surface area contributed by atoms with Crippen LogP contribution < -0.4 is 14.8 Å². The molecule has 2 rings (SSSR count). The number of carbonyl (C=O) groups excluding carboxylic acids is 1. The van der Waals surface area contributed by atoms with E-state index in [1.54, 1.807) is 19.2 Å². The average molecular weight is 335 g/mol. The van der Waals surface area contributed by atoms with Gasteiger partial charge in [0.05, 0.1) is 25.2 Å². The number of benzene rings is 2. The molecule has 0 unspecified atom stereocenters. The number of thioether (sulfide) groups is 1. The van der Waals surface area contributed by atoms with Crippen molar-refractivity contribution in [2.75, 3.05) is 30.5 Å². The van der Waals surface area contributed by atoms with Crippen LogP contribution in [-0.4, -0.2) is 31.1 Å². The van der Waals surface area contributed by atoms with E-state index in [2.05, 4.69) is 5.32 Å². The van der Waals surface area contributed by atoms with Crippen molar-refractivity contribution in [3.05, 3.63) is 54.3 Å². The number of rotatable bonds is 8. The molecule has 2 aromatic carbocycles.